The fourth-order valence-electron chi connectivity index (χ4n) is 1.25. The first-order valence-electron chi connectivity index (χ1n) is 3.64. The van der Waals surface area contributed by atoms with E-state index >= 15 is 0 Å². The van der Waals surface area contributed by atoms with E-state index in [1.807, 2.05) is 0 Å². The second-order valence-corrected chi connectivity index (χ2v) is 2.54. The molecular weight excluding hydrogens is 173 g/mol. The van der Waals surface area contributed by atoms with Gasteiger partial charge in [0, 0.05) is 10.7 Å². The molecule has 0 aliphatic carbocycles. The van der Waals surface area contributed by atoms with Gasteiger partial charge in [-0.1, -0.05) is 22.7 Å². The second kappa shape index (κ2) is 2.85. The summed E-state index contributed by atoms with van der Waals surface area (Å²) in [4.78, 5) is 2.65. The Morgan fingerprint density at radius 1 is 1.31 bits per heavy atom. The second-order valence-electron chi connectivity index (χ2n) is 2.54. The van der Waals surface area contributed by atoms with Crippen molar-refractivity contribution < 1.29 is 9.59 Å². The Kier molecular flexibility index (Phi) is 1.70. The quantitative estimate of drug-likeness (QED) is 0.649. The fraction of sp³-hybridized carbons (Fsp3) is 0. The third-order valence-corrected chi connectivity index (χ3v) is 1.80. The van der Waals surface area contributed by atoms with Crippen molar-refractivity contribution >= 4 is 16.6 Å². The van der Waals surface area contributed by atoms with E-state index in [4.69, 9.17) is 0 Å². The molecule has 4 nitrogen and oxygen atoms in total. The number of halogens is 1. The van der Waals surface area contributed by atoms with Crippen LogP contribution in [0.5, 0.6) is 5.88 Å². The monoisotopic (exact) mass is 179 g/mol. The van der Waals surface area contributed by atoms with Crippen molar-refractivity contribution in [2.75, 3.05) is 0 Å². The maximum atomic E-state index is 11.6. The Labute approximate surface area is 72.7 Å². The number of nitrogens with zero attached hydrogens (tertiary/aromatic N) is 2. The first-order valence-corrected chi connectivity index (χ1v) is 3.64. The molecule has 0 saturated heterocycles. The lowest BCUT2D eigenvalue weighted by molar-refractivity contribution is 0.453. The van der Waals surface area contributed by atoms with Crippen molar-refractivity contribution in [3.05, 3.63) is 24.3 Å². The van der Waals surface area contributed by atoms with E-state index in [-0.39, 0.29) is 11.6 Å². The summed E-state index contributed by atoms with van der Waals surface area (Å²) < 4.78 is 11.6. The zero-order valence-corrected chi connectivity index (χ0v) is 6.53. The minimum atomic E-state index is -0.178. The first-order chi connectivity index (χ1) is 6.33. The van der Waals surface area contributed by atoms with E-state index in [1.54, 1.807) is 24.3 Å². The van der Waals surface area contributed by atoms with Gasteiger partial charge in [0.25, 0.3) is 0 Å². The van der Waals surface area contributed by atoms with Crippen LogP contribution in [-0.2, 0) is 0 Å². The summed E-state index contributed by atoms with van der Waals surface area (Å²) in [5.74, 6) is -0.178. The van der Waals surface area contributed by atoms with Crippen molar-refractivity contribution in [1.29, 1.82) is 0 Å². The molecule has 0 bridgehead atoms. The van der Waals surface area contributed by atoms with Gasteiger partial charge >= 0.3 is 0 Å². The third-order valence-electron chi connectivity index (χ3n) is 1.80. The molecule has 0 aliphatic rings. The molecule has 0 radical (unpaired) electrons. The number of aromatic nitrogens is 1. The van der Waals surface area contributed by atoms with Crippen LogP contribution in [0.4, 0.5) is 10.2 Å². The van der Waals surface area contributed by atoms with Crippen LogP contribution in [0, 0.1) is 0 Å². The van der Waals surface area contributed by atoms with Crippen LogP contribution in [0.3, 0.4) is 0 Å². The van der Waals surface area contributed by atoms with Gasteiger partial charge < -0.3 is 10.1 Å². The Morgan fingerprint density at radius 3 is 2.85 bits per heavy atom. The third kappa shape index (κ3) is 1.14. The molecule has 66 valence electrons. The number of hydrogen-bond acceptors (Lipinski definition) is 3. The number of aromatic hydroxyl groups is 1. The molecule has 1 aromatic carbocycles. The number of rotatable bonds is 1. The Balaban J connectivity index is 2.78. The highest BCUT2D eigenvalue weighted by Gasteiger charge is 2.08. The predicted octanol–water partition coefficient (Wildman–Crippen LogP) is 2.84. The van der Waals surface area contributed by atoms with Crippen LogP contribution in [0.1, 0.15) is 0 Å². The summed E-state index contributed by atoms with van der Waals surface area (Å²) in [6, 6.07) is 7.05. The highest BCUT2D eigenvalue weighted by atomic mass is 19.2. The molecule has 1 heterocycles. The Hall–Kier alpha value is -1.91. The van der Waals surface area contributed by atoms with Gasteiger partial charge in [-0.2, -0.15) is 0 Å². The molecule has 5 heteroatoms. The minimum Gasteiger partial charge on any atom is -0.493 e. The number of aromatic amines is 1. The van der Waals surface area contributed by atoms with Gasteiger partial charge in [0.1, 0.15) is 0 Å². The number of nitrogens with one attached hydrogen (secondary N) is 1. The fourth-order valence-corrected chi connectivity index (χ4v) is 1.25. The average Bonchev–Trinajstić information content (AvgIpc) is 2.44. The zero-order valence-electron chi connectivity index (χ0n) is 6.53. The standard InChI is InChI=1S/C8H6FN3O/c9-12-11-7-5-3-1-2-4-6(5)10-8(7)13/h1-4,10,13H. The highest BCUT2D eigenvalue weighted by molar-refractivity contribution is 5.93. The number of benzene rings is 1. The number of fused-ring (bicyclic) bond motifs is 1. The van der Waals surface area contributed by atoms with Crippen molar-refractivity contribution in [2.24, 2.45) is 10.5 Å². The van der Waals surface area contributed by atoms with Gasteiger partial charge in [0.05, 0.1) is 5.52 Å². The molecule has 0 aliphatic heterocycles. The lowest BCUT2D eigenvalue weighted by atomic mass is 10.2. The molecule has 0 saturated carbocycles. The Bertz CT molecular complexity index is 463. The zero-order chi connectivity index (χ0) is 9.26. The van der Waals surface area contributed by atoms with E-state index in [0.717, 1.165) is 0 Å². The maximum absolute atomic E-state index is 11.6. The largest absolute Gasteiger partial charge is 0.493 e. The van der Waals surface area contributed by atoms with Crippen molar-refractivity contribution in [1.82, 2.24) is 4.98 Å². The lowest BCUT2D eigenvalue weighted by Crippen LogP contribution is -1.63. The predicted molar refractivity (Wildman–Crippen MR) is 45.6 cm³/mol. The van der Waals surface area contributed by atoms with Gasteiger partial charge in [-0.25, -0.2) is 0 Å². The summed E-state index contributed by atoms with van der Waals surface area (Å²) in [6.07, 6.45) is 0. The van der Waals surface area contributed by atoms with E-state index in [9.17, 15) is 9.59 Å². The van der Waals surface area contributed by atoms with Crippen LogP contribution >= 0.6 is 0 Å². The number of para-hydroxylation sites is 1. The van der Waals surface area contributed by atoms with Crippen LogP contribution in [0.25, 0.3) is 10.9 Å². The molecule has 2 N–H and O–H groups in total. The molecule has 0 spiro atoms. The minimum absolute atomic E-state index is 0.123. The molecular formula is C8H6FN3O. The SMILES string of the molecule is Oc1[nH]c2ccccc2c1N=NF. The summed E-state index contributed by atoms with van der Waals surface area (Å²) in [5.41, 5.74) is 0.820. The summed E-state index contributed by atoms with van der Waals surface area (Å²) in [6.45, 7) is 0. The smallest absolute Gasteiger partial charge is 0.218 e. The molecule has 2 rings (SSSR count). The van der Waals surface area contributed by atoms with Crippen LogP contribution in [0.15, 0.2) is 34.7 Å². The van der Waals surface area contributed by atoms with Crippen LogP contribution < -0.4 is 0 Å². The molecule has 0 atom stereocenters. The van der Waals surface area contributed by atoms with Gasteiger partial charge in [-0.05, 0) is 6.07 Å². The van der Waals surface area contributed by atoms with Gasteiger partial charge in [0.15, 0.2) is 5.69 Å². The molecule has 2 aromatic rings. The normalized spacial score (nSPS) is 11.5. The first kappa shape index (κ1) is 7.72. The van der Waals surface area contributed by atoms with E-state index in [1.165, 1.54) is 0 Å². The highest BCUT2D eigenvalue weighted by Crippen LogP contribution is 2.34. The van der Waals surface area contributed by atoms with Crippen molar-refractivity contribution in [2.45, 2.75) is 0 Å². The molecule has 1 aromatic heterocycles. The molecule has 0 amide bonds. The number of hydrogen-bond donors (Lipinski definition) is 2. The van der Waals surface area contributed by atoms with E-state index in [2.05, 4.69) is 15.4 Å². The Morgan fingerprint density at radius 2 is 2.08 bits per heavy atom. The molecule has 13 heavy (non-hydrogen) atoms. The maximum Gasteiger partial charge on any atom is 0.218 e. The van der Waals surface area contributed by atoms with E-state index in [0.29, 0.717) is 10.9 Å². The topological polar surface area (TPSA) is 60.7 Å². The molecule has 0 unspecified atom stereocenters. The van der Waals surface area contributed by atoms with Crippen molar-refractivity contribution in [3.63, 3.8) is 0 Å². The lowest BCUT2D eigenvalue weighted by Gasteiger charge is -1.87. The van der Waals surface area contributed by atoms with Gasteiger partial charge in [-0.15, -0.1) is 5.11 Å². The molecule has 0 fully saturated rings. The van der Waals surface area contributed by atoms with Crippen LogP contribution in [0.2, 0.25) is 0 Å². The number of H-pyrrole nitrogens is 1. The summed E-state index contributed by atoms with van der Waals surface area (Å²) >= 11 is 0. The van der Waals surface area contributed by atoms with E-state index < -0.39 is 0 Å². The van der Waals surface area contributed by atoms with Crippen molar-refractivity contribution in [3.8, 4) is 5.88 Å². The summed E-state index contributed by atoms with van der Waals surface area (Å²) in [5, 5.41) is 15.2. The van der Waals surface area contributed by atoms with Crippen LogP contribution in [-0.4, -0.2) is 10.1 Å². The van der Waals surface area contributed by atoms with Gasteiger partial charge in [0.2, 0.25) is 5.88 Å². The van der Waals surface area contributed by atoms with Gasteiger partial charge in [-0.3, -0.25) is 0 Å². The average molecular weight is 179 g/mol. The summed E-state index contributed by atoms with van der Waals surface area (Å²) in [7, 11) is 0.